The molecule has 0 radical (unpaired) electrons. The minimum atomic E-state index is -0.635. The highest BCUT2D eigenvalue weighted by atomic mass is 35.5. The molecule has 24 heavy (non-hydrogen) atoms. The fourth-order valence-corrected chi connectivity index (χ4v) is 2.46. The maximum Gasteiger partial charge on any atom is 0.254 e. The first-order valence-corrected chi connectivity index (χ1v) is 7.84. The van der Waals surface area contributed by atoms with Gasteiger partial charge in [-0.05, 0) is 36.4 Å². The Morgan fingerprint density at radius 2 is 1.92 bits per heavy atom. The van der Waals surface area contributed by atoms with E-state index in [1.807, 2.05) is 36.4 Å². The van der Waals surface area contributed by atoms with Gasteiger partial charge in [0.2, 0.25) is 0 Å². The summed E-state index contributed by atoms with van der Waals surface area (Å²) < 4.78 is 13.7. The van der Waals surface area contributed by atoms with Crippen LogP contribution in [0.25, 0.3) is 10.9 Å². The van der Waals surface area contributed by atoms with Crippen molar-refractivity contribution in [3.8, 4) is 0 Å². The fourth-order valence-electron chi connectivity index (χ4n) is 2.30. The van der Waals surface area contributed by atoms with Crippen molar-refractivity contribution < 1.29 is 9.18 Å². The summed E-state index contributed by atoms with van der Waals surface area (Å²) >= 11 is 5.67. The number of carbonyl (C=O) groups is 1. The molecule has 1 amide bonds. The van der Waals surface area contributed by atoms with Crippen molar-refractivity contribution in [2.24, 2.45) is 0 Å². The maximum atomic E-state index is 13.7. The molecule has 0 fully saturated rings. The van der Waals surface area contributed by atoms with Crippen molar-refractivity contribution in [3.63, 3.8) is 0 Å². The molecule has 3 aromatic rings. The van der Waals surface area contributed by atoms with Crippen LogP contribution >= 0.6 is 11.6 Å². The van der Waals surface area contributed by atoms with E-state index >= 15 is 0 Å². The van der Waals surface area contributed by atoms with E-state index in [1.54, 1.807) is 0 Å². The Morgan fingerprint density at radius 3 is 2.75 bits per heavy atom. The van der Waals surface area contributed by atoms with Crippen LogP contribution in [0, 0.1) is 5.82 Å². The lowest BCUT2D eigenvalue weighted by molar-refractivity contribution is 0.0951. The number of nitrogens with one attached hydrogen (secondary N) is 2. The van der Waals surface area contributed by atoms with E-state index in [0.717, 1.165) is 22.8 Å². The van der Waals surface area contributed by atoms with Gasteiger partial charge in [0, 0.05) is 23.5 Å². The number of hydrogen-bond acceptors (Lipinski definition) is 3. The summed E-state index contributed by atoms with van der Waals surface area (Å²) in [5.41, 5.74) is 0.873. The predicted molar refractivity (Wildman–Crippen MR) is 94.0 cm³/mol. The van der Waals surface area contributed by atoms with Crippen molar-refractivity contribution in [1.29, 1.82) is 0 Å². The van der Waals surface area contributed by atoms with E-state index < -0.39 is 11.7 Å². The summed E-state index contributed by atoms with van der Waals surface area (Å²) in [6.45, 7) is 0.821. The minimum Gasteiger partial charge on any atom is -0.368 e. The number of aromatic nitrogens is 1. The van der Waals surface area contributed by atoms with Crippen LogP contribution in [0.1, 0.15) is 10.4 Å². The number of benzene rings is 2. The lowest BCUT2D eigenvalue weighted by Gasteiger charge is -2.09. The highest BCUT2D eigenvalue weighted by Crippen LogP contribution is 2.15. The fraction of sp³-hybridized carbons (Fsp3) is 0.111. The number of carbonyl (C=O) groups excluding carboxylic acids is 1. The zero-order valence-corrected chi connectivity index (χ0v) is 13.5. The Hall–Kier alpha value is -2.66. The van der Waals surface area contributed by atoms with E-state index in [2.05, 4.69) is 15.6 Å². The van der Waals surface area contributed by atoms with Crippen molar-refractivity contribution in [2.75, 3.05) is 18.4 Å². The van der Waals surface area contributed by atoms with Gasteiger partial charge in [-0.15, -0.1) is 0 Å². The highest BCUT2D eigenvalue weighted by molar-refractivity contribution is 6.30. The molecular formula is C18H15ClFN3O. The Kier molecular flexibility index (Phi) is 4.91. The number of rotatable bonds is 5. The summed E-state index contributed by atoms with van der Waals surface area (Å²) in [5.74, 6) is -0.387. The molecule has 4 nitrogen and oxygen atoms in total. The standard InChI is InChI=1S/C18H15ClFN3O/c19-13-6-7-14(15(20)11-13)18(24)22-10-9-21-17-8-5-12-3-1-2-4-16(12)23-17/h1-8,11H,9-10H2,(H,21,23)(H,22,24). The van der Waals surface area contributed by atoms with E-state index in [1.165, 1.54) is 12.1 Å². The molecule has 0 aliphatic rings. The lowest BCUT2D eigenvalue weighted by atomic mass is 10.2. The van der Waals surface area contributed by atoms with E-state index in [4.69, 9.17) is 11.6 Å². The van der Waals surface area contributed by atoms with Crippen LogP contribution in [0.2, 0.25) is 5.02 Å². The quantitative estimate of drug-likeness (QED) is 0.691. The number of anilines is 1. The van der Waals surface area contributed by atoms with Crippen molar-refractivity contribution in [3.05, 3.63) is 71.0 Å². The number of fused-ring (bicyclic) bond motifs is 1. The number of amides is 1. The molecule has 0 saturated carbocycles. The molecule has 2 aromatic carbocycles. The highest BCUT2D eigenvalue weighted by Gasteiger charge is 2.11. The zero-order valence-electron chi connectivity index (χ0n) is 12.7. The molecule has 0 unspecified atom stereocenters. The van der Waals surface area contributed by atoms with Gasteiger partial charge in [0.05, 0.1) is 11.1 Å². The van der Waals surface area contributed by atoms with Crippen molar-refractivity contribution in [2.45, 2.75) is 0 Å². The van der Waals surface area contributed by atoms with E-state index in [-0.39, 0.29) is 10.6 Å². The first-order chi connectivity index (χ1) is 11.6. The summed E-state index contributed by atoms with van der Waals surface area (Å²) in [4.78, 5) is 16.4. The SMILES string of the molecule is O=C(NCCNc1ccc2ccccc2n1)c1ccc(Cl)cc1F. The first kappa shape index (κ1) is 16.2. The third kappa shape index (κ3) is 3.81. The molecule has 1 aromatic heterocycles. The second-order valence-electron chi connectivity index (χ2n) is 5.20. The normalized spacial score (nSPS) is 10.6. The van der Waals surface area contributed by atoms with Gasteiger partial charge in [0.25, 0.3) is 5.91 Å². The molecule has 2 N–H and O–H groups in total. The minimum absolute atomic E-state index is 0.0248. The van der Waals surface area contributed by atoms with Crippen LogP contribution < -0.4 is 10.6 Å². The van der Waals surface area contributed by atoms with Crippen LogP contribution in [0.15, 0.2) is 54.6 Å². The average molecular weight is 344 g/mol. The molecule has 122 valence electrons. The van der Waals surface area contributed by atoms with Crippen molar-refractivity contribution >= 4 is 34.2 Å². The number of nitrogens with zero attached hydrogens (tertiary/aromatic N) is 1. The van der Waals surface area contributed by atoms with E-state index in [0.29, 0.717) is 13.1 Å². The van der Waals surface area contributed by atoms with Crippen LogP contribution in [0.4, 0.5) is 10.2 Å². The Morgan fingerprint density at radius 1 is 1.08 bits per heavy atom. The number of pyridine rings is 1. The molecule has 1 heterocycles. The van der Waals surface area contributed by atoms with Gasteiger partial charge in [0.15, 0.2) is 0 Å². The molecule has 0 atom stereocenters. The summed E-state index contributed by atoms with van der Waals surface area (Å²) in [6, 6.07) is 15.6. The van der Waals surface area contributed by atoms with Crippen LogP contribution in [-0.4, -0.2) is 24.0 Å². The monoisotopic (exact) mass is 343 g/mol. The Bertz CT molecular complexity index is 885. The topological polar surface area (TPSA) is 54.0 Å². The van der Waals surface area contributed by atoms with Gasteiger partial charge in [-0.1, -0.05) is 29.8 Å². The van der Waals surface area contributed by atoms with Gasteiger partial charge in [-0.3, -0.25) is 4.79 Å². The molecule has 3 rings (SSSR count). The maximum absolute atomic E-state index is 13.7. The molecule has 6 heteroatoms. The second-order valence-corrected chi connectivity index (χ2v) is 5.63. The third-order valence-electron chi connectivity index (χ3n) is 3.49. The number of para-hydroxylation sites is 1. The largest absolute Gasteiger partial charge is 0.368 e. The smallest absolute Gasteiger partial charge is 0.254 e. The number of hydrogen-bond donors (Lipinski definition) is 2. The van der Waals surface area contributed by atoms with Gasteiger partial charge in [-0.25, -0.2) is 9.37 Å². The van der Waals surface area contributed by atoms with Gasteiger partial charge < -0.3 is 10.6 Å². The molecule has 0 bridgehead atoms. The van der Waals surface area contributed by atoms with Crippen molar-refractivity contribution in [1.82, 2.24) is 10.3 Å². The predicted octanol–water partition coefficient (Wildman–Crippen LogP) is 3.87. The average Bonchev–Trinajstić information content (AvgIpc) is 2.58. The Labute approximate surface area is 143 Å². The van der Waals surface area contributed by atoms with Crippen LogP contribution in [-0.2, 0) is 0 Å². The van der Waals surface area contributed by atoms with Gasteiger partial charge in [0.1, 0.15) is 11.6 Å². The summed E-state index contributed by atoms with van der Waals surface area (Å²) in [5, 5.41) is 7.10. The zero-order chi connectivity index (χ0) is 16.9. The molecular weight excluding hydrogens is 329 g/mol. The second kappa shape index (κ2) is 7.27. The lowest BCUT2D eigenvalue weighted by Crippen LogP contribution is -2.29. The summed E-state index contributed by atoms with van der Waals surface area (Å²) in [7, 11) is 0. The first-order valence-electron chi connectivity index (χ1n) is 7.46. The van der Waals surface area contributed by atoms with E-state index in [9.17, 15) is 9.18 Å². The molecule has 0 spiro atoms. The van der Waals surface area contributed by atoms with Crippen LogP contribution in [0.5, 0.6) is 0 Å². The number of halogens is 2. The molecule has 0 saturated heterocycles. The summed E-state index contributed by atoms with van der Waals surface area (Å²) in [6.07, 6.45) is 0. The molecule has 0 aliphatic heterocycles. The van der Waals surface area contributed by atoms with Crippen LogP contribution in [0.3, 0.4) is 0 Å². The third-order valence-corrected chi connectivity index (χ3v) is 3.73. The Balaban J connectivity index is 1.53. The van der Waals surface area contributed by atoms with Gasteiger partial charge in [-0.2, -0.15) is 0 Å². The van der Waals surface area contributed by atoms with Gasteiger partial charge >= 0.3 is 0 Å². The molecule has 0 aliphatic carbocycles.